The van der Waals surface area contributed by atoms with Crippen LogP contribution in [0.15, 0.2) is 24.3 Å². The van der Waals surface area contributed by atoms with E-state index >= 15 is 0 Å². The summed E-state index contributed by atoms with van der Waals surface area (Å²) in [4.78, 5) is 21.5. The first-order valence-corrected chi connectivity index (χ1v) is 10.6. The maximum Gasteiger partial charge on any atom is 0.258 e. The van der Waals surface area contributed by atoms with Crippen molar-refractivity contribution in [3.63, 3.8) is 0 Å². The Labute approximate surface area is 185 Å². The largest absolute Gasteiger partial charge is 0.491 e. The molecule has 2 aromatic heterocycles. The van der Waals surface area contributed by atoms with Gasteiger partial charge in [0.1, 0.15) is 19.0 Å². The molecule has 9 heteroatoms. The molecule has 0 saturated carbocycles. The van der Waals surface area contributed by atoms with Crippen LogP contribution in [0.3, 0.4) is 0 Å². The van der Waals surface area contributed by atoms with Crippen LogP contribution in [0.5, 0.6) is 5.75 Å². The topological polar surface area (TPSA) is 63.0 Å². The molecule has 0 radical (unpaired) electrons. The summed E-state index contributed by atoms with van der Waals surface area (Å²) in [5, 5.41) is 5.24. The summed E-state index contributed by atoms with van der Waals surface area (Å²) in [7, 11) is 1.83. The number of halogens is 2. The fourth-order valence-electron chi connectivity index (χ4n) is 3.76. The van der Waals surface area contributed by atoms with Crippen LogP contribution in [0.2, 0.25) is 5.02 Å². The molecule has 0 atom stereocenters. The van der Waals surface area contributed by atoms with Gasteiger partial charge in [0.2, 0.25) is 0 Å². The number of fused-ring (bicyclic) bond motifs is 3. The zero-order chi connectivity index (χ0) is 22.1. The number of benzene rings is 1. The van der Waals surface area contributed by atoms with Gasteiger partial charge in [0.25, 0.3) is 5.91 Å². The Kier molecular flexibility index (Phi) is 6.11. The van der Waals surface area contributed by atoms with Crippen molar-refractivity contribution < 1.29 is 13.9 Å². The van der Waals surface area contributed by atoms with E-state index in [1.165, 1.54) is 0 Å². The lowest BCUT2D eigenvalue weighted by Gasteiger charge is -2.19. The highest BCUT2D eigenvalue weighted by Gasteiger charge is 2.31. The van der Waals surface area contributed by atoms with Gasteiger partial charge in [-0.2, -0.15) is 5.10 Å². The van der Waals surface area contributed by atoms with Crippen molar-refractivity contribution in [2.24, 2.45) is 0 Å². The number of carbonyl (C=O) groups excluding carboxylic acids is 1. The van der Waals surface area contributed by atoms with Gasteiger partial charge in [-0.1, -0.05) is 23.7 Å². The Balaban J connectivity index is 1.51. The molecule has 0 bridgehead atoms. The van der Waals surface area contributed by atoms with Crippen molar-refractivity contribution in [2.45, 2.75) is 26.9 Å². The second-order valence-corrected chi connectivity index (χ2v) is 8.13. The number of hydrogen-bond donors (Lipinski definition) is 0. The molecule has 3 heterocycles. The van der Waals surface area contributed by atoms with Gasteiger partial charge < -0.3 is 14.5 Å². The van der Waals surface area contributed by atoms with Crippen molar-refractivity contribution in [1.82, 2.24) is 24.4 Å². The van der Waals surface area contributed by atoms with Gasteiger partial charge in [-0.05, 0) is 33.0 Å². The minimum absolute atomic E-state index is 0.119. The van der Waals surface area contributed by atoms with E-state index in [1.807, 2.05) is 37.9 Å². The standard InChI is InChI=1S/C22H25ClFN5O2/c1-14-20(23)15(2)29-21(25-14)17-12-28(13-18(17)26-29)22(30)16-6-4-5-7-19(16)31-11-10-27(3)9-8-24/h4-7H,8-13H2,1-3H3. The highest BCUT2D eigenvalue weighted by atomic mass is 35.5. The number of likely N-dealkylation sites (N-methyl/N-ethyl adjacent to an activating group) is 1. The molecule has 0 fully saturated rings. The molecule has 164 valence electrons. The minimum Gasteiger partial charge on any atom is -0.491 e. The van der Waals surface area contributed by atoms with Crippen LogP contribution in [0.25, 0.3) is 5.65 Å². The normalized spacial score (nSPS) is 13.3. The molecular weight excluding hydrogens is 421 g/mol. The van der Waals surface area contributed by atoms with Gasteiger partial charge in [-0.3, -0.25) is 4.79 Å². The van der Waals surface area contributed by atoms with Crippen molar-refractivity contribution in [3.8, 4) is 5.75 Å². The lowest BCUT2D eigenvalue weighted by atomic mass is 10.1. The number of nitrogens with zero attached hydrogens (tertiary/aromatic N) is 5. The lowest BCUT2D eigenvalue weighted by Crippen LogP contribution is -2.28. The van der Waals surface area contributed by atoms with Crippen LogP contribution in [0.4, 0.5) is 4.39 Å². The number of rotatable bonds is 7. The Morgan fingerprint density at radius 2 is 2.03 bits per heavy atom. The first-order valence-electron chi connectivity index (χ1n) is 10.2. The number of aryl methyl sites for hydroxylation is 2. The van der Waals surface area contributed by atoms with Crippen LogP contribution in [-0.2, 0) is 13.1 Å². The third-order valence-corrected chi connectivity index (χ3v) is 6.10. The summed E-state index contributed by atoms with van der Waals surface area (Å²) in [6.07, 6.45) is 0. The smallest absolute Gasteiger partial charge is 0.258 e. The van der Waals surface area contributed by atoms with Crippen LogP contribution in [0.1, 0.15) is 33.0 Å². The molecule has 7 nitrogen and oxygen atoms in total. The number of para-hydroxylation sites is 1. The molecule has 0 saturated heterocycles. The molecule has 1 aliphatic heterocycles. The van der Waals surface area contributed by atoms with Crippen molar-refractivity contribution in [2.75, 3.05) is 33.4 Å². The summed E-state index contributed by atoms with van der Waals surface area (Å²) < 4.78 is 20.0. The third-order valence-electron chi connectivity index (χ3n) is 5.56. The minimum atomic E-state index is -0.398. The molecule has 1 aromatic carbocycles. The van der Waals surface area contributed by atoms with Gasteiger partial charge in [0.15, 0.2) is 5.65 Å². The second kappa shape index (κ2) is 8.80. The number of amides is 1. The average molecular weight is 446 g/mol. The first kappa shape index (κ1) is 21.5. The fourth-order valence-corrected chi connectivity index (χ4v) is 3.89. The zero-order valence-corrected chi connectivity index (χ0v) is 18.6. The van der Waals surface area contributed by atoms with Crippen LogP contribution in [0, 0.1) is 13.8 Å². The summed E-state index contributed by atoms with van der Waals surface area (Å²) in [5.41, 5.74) is 4.61. The van der Waals surface area contributed by atoms with Crippen molar-refractivity contribution in [1.29, 1.82) is 0 Å². The quantitative estimate of drug-likeness (QED) is 0.557. The van der Waals surface area contributed by atoms with E-state index in [2.05, 4.69) is 10.1 Å². The van der Waals surface area contributed by atoms with Gasteiger partial charge in [0, 0.05) is 18.7 Å². The molecule has 0 N–H and O–H groups in total. The highest BCUT2D eigenvalue weighted by molar-refractivity contribution is 6.31. The number of hydrogen-bond acceptors (Lipinski definition) is 5. The average Bonchev–Trinajstić information content (AvgIpc) is 3.31. The first-order chi connectivity index (χ1) is 14.9. The molecule has 1 aliphatic rings. The molecule has 1 amide bonds. The fraction of sp³-hybridized carbons (Fsp3) is 0.409. The van der Waals surface area contributed by atoms with Gasteiger partial charge in [0.05, 0.1) is 40.8 Å². The molecule has 4 rings (SSSR count). The van der Waals surface area contributed by atoms with Crippen LogP contribution < -0.4 is 4.74 Å². The van der Waals surface area contributed by atoms with Gasteiger partial charge >= 0.3 is 0 Å². The SMILES string of the molecule is Cc1nc2c3c(nn2c(C)c1Cl)CN(C(=O)c1ccccc1OCCN(C)CCF)C3. The second-order valence-electron chi connectivity index (χ2n) is 7.76. The van der Waals surface area contributed by atoms with E-state index in [9.17, 15) is 9.18 Å². The zero-order valence-electron chi connectivity index (χ0n) is 17.9. The van der Waals surface area contributed by atoms with Gasteiger partial charge in [-0.15, -0.1) is 0 Å². The van der Waals surface area contributed by atoms with E-state index in [0.29, 0.717) is 49.1 Å². The van der Waals surface area contributed by atoms with E-state index in [-0.39, 0.29) is 5.91 Å². The number of alkyl halides is 1. The van der Waals surface area contributed by atoms with Crippen molar-refractivity contribution >= 4 is 23.2 Å². The van der Waals surface area contributed by atoms with E-state index in [4.69, 9.17) is 16.3 Å². The molecule has 0 unspecified atom stereocenters. The maximum absolute atomic E-state index is 13.3. The predicted molar refractivity (Wildman–Crippen MR) is 116 cm³/mol. The van der Waals surface area contributed by atoms with E-state index in [1.54, 1.807) is 21.5 Å². The molecular formula is C22H25ClFN5O2. The lowest BCUT2D eigenvalue weighted by molar-refractivity contribution is 0.0744. The Morgan fingerprint density at radius 3 is 2.81 bits per heavy atom. The van der Waals surface area contributed by atoms with Gasteiger partial charge in [-0.25, -0.2) is 13.9 Å². The number of carbonyl (C=O) groups is 1. The Hall–Kier alpha value is -2.71. The number of aromatic nitrogens is 3. The van der Waals surface area contributed by atoms with E-state index in [0.717, 1.165) is 28.3 Å². The maximum atomic E-state index is 13.3. The molecule has 0 spiro atoms. The molecule has 31 heavy (non-hydrogen) atoms. The Bertz CT molecular complexity index is 1130. The Morgan fingerprint density at radius 1 is 1.26 bits per heavy atom. The molecule has 3 aromatic rings. The summed E-state index contributed by atoms with van der Waals surface area (Å²) in [5.74, 6) is 0.405. The van der Waals surface area contributed by atoms with Crippen molar-refractivity contribution in [3.05, 3.63) is 57.5 Å². The summed E-state index contributed by atoms with van der Waals surface area (Å²) in [6, 6.07) is 7.20. The van der Waals surface area contributed by atoms with Crippen LogP contribution in [-0.4, -0.2) is 63.7 Å². The summed E-state index contributed by atoms with van der Waals surface area (Å²) >= 11 is 6.31. The monoisotopic (exact) mass is 445 g/mol. The van der Waals surface area contributed by atoms with Crippen LogP contribution >= 0.6 is 11.6 Å². The predicted octanol–water partition coefficient (Wildman–Crippen LogP) is 3.44. The third kappa shape index (κ3) is 4.09. The molecule has 0 aliphatic carbocycles. The highest BCUT2D eigenvalue weighted by Crippen LogP contribution is 2.31. The summed E-state index contributed by atoms with van der Waals surface area (Å²) in [6.45, 7) is 5.52. The number of ether oxygens (including phenoxy) is 1. The van der Waals surface area contributed by atoms with E-state index < -0.39 is 6.67 Å².